The Kier molecular flexibility index (Phi) is 5.84. The van der Waals surface area contributed by atoms with Crippen molar-refractivity contribution in [3.63, 3.8) is 0 Å². The quantitative estimate of drug-likeness (QED) is 0.823. The van der Waals surface area contributed by atoms with Crippen LogP contribution in [0.15, 0.2) is 30.6 Å². The van der Waals surface area contributed by atoms with Crippen molar-refractivity contribution in [1.29, 1.82) is 0 Å². The lowest BCUT2D eigenvalue weighted by Crippen LogP contribution is -2.46. The summed E-state index contributed by atoms with van der Waals surface area (Å²) in [5.74, 6) is 2.50. The molecule has 0 bridgehead atoms. The van der Waals surface area contributed by atoms with Crippen molar-refractivity contribution in [2.45, 2.75) is 45.4 Å². The van der Waals surface area contributed by atoms with Gasteiger partial charge in [-0.25, -0.2) is 4.98 Å². The number of rotatable bonds is 7. The predicted molar refractivity (Wildman–Crippen MR) is 101 cm³/mol. The molecule has 1 aromatic heterocycles. The fourth-order valence-corrected chi connectivity index (χ4v) is 3.52. The summed E-state index contributed by atoms with van der Waals surface area (Å²) in [6, 6.07) is 6.10. The summed E-state index contributed by atoms with van der Waals surface area (Å²) in [4.78, 5) is 6.62. The first-order chi connectivity index (χ1) is 12.5. The van der Waals surface area contributed by atoms with Gasteiger partial charge in [-0.3, -0.25) is 4.90 Å². The maximum atomic E-state index is 10.9. The fourth-order valence-electron chi connectivity index (χ4n) is 3.52. The van der Waals surface area contributed by atoms with Crippen molar-refractivity contribution >= 4 is 0 Å². The molecule has 0 unspecified atom stereocenters. The Bertz CT molecular complexity index is 721. The van der Waals surface area contributed by atoms with Crippen LogP contribution in [0.5, 0.6) is 11.5 Å². The van der Waals surface area contributed by atoms with Gasteiger partial charge in [0, 0.05) is 32.0 Å². The number of ether oxygens (including phenoxy) is 2. The third kappa shape index (κ3) is 4.37. The monoisotopic (exact) mass is 359 g/mol. The standard InChI is InChI=1S/C20H29N3O3/c1-4-26-18-6-5-17(13-19(18)25-3)14-22-10-7-20(24,8-11-22)15-23-12-9-21-16(23)2/h5-6,9,12-13,24H,4,7-8,10-11,14-15H2,1-3H3. The van der Waals surface area contributed by atoms with Gasteiger partial charge in [-0.15, -0.1) is 0 Å². The molecule has 1 fully saturated rings. The predicted octanol–water partition coefficient (Wildman–Crippen LogP) is 2.63. The Labute approximate surface area is 155 Å². The molecule has 1 aromatic carbocycles. The van der Waals surface area contributed by atoms with Gasteiger partial charge >= 0.3 is 0 Å². The van der Waals surface area contributed by atoms with Crippen LogP contribution < -0.4 is 9.47 Å². The van der Waals surface area contributed by atoms with Crippen LogP contribution >= 0.6 is 0 Å². The Morgan fingerprint density at radius 2 is 2.00 bits per heavy atom. The van der Waals surface area contributed by atoms with Gasteiger partial charge in [0.25, 0.3) is 0 Å². The van der Waals surface area contributed by atoms with E-state index in [9.17, 15) is 5.11 Å². The second-order valence-electron chi connectivity index (χ2n) is 7.02. The molecular formula is C20H29N3O3. The number of imidazole rings is 1. The highest BCUT2D eigenvalue weighted by molar-refractivity contribution is 5.43. The Morgan fingerprint density at radius 1 is 1.23 bits per heavy atom. The van der Waals surface area contributed by atoms with E-state index < -0.39 is 5.60 Å². The Morgan fingerprint density at radius 3 is 2.62 bits per heavy atom. The van der Waals surface area contributed by atoms with E-state index in [0.29, 0.717) is 13.2 Å². The molecule has 1 aliphatic rings. The maximum absolute atomic E-state index is 10.9. The highest BCUT2D eigenvalue weighted by Gasteiger charge is 2.33. The van der Waals surface area contributed by atoms with E-state index in [0.717, 1.165) is 49.8 Å². The summed E-state index contributed by atoms with van der Waals surface area (Å²) in [7, 11) is 1.67. The first-order valence-electron chi connectivity index (χ1n) is 9.25. The topological polar surface area (TPSA) is 59.8 Å². The van der Waals surface area contributed by atoms with Gasteiger partial charge in [-0.1, -0.05) is 6.07 Å². The minimum absolute atomic E-state index is 0.615. The zero-order valence-electron chi connectivity index (χ0n) is 15.9. The number of piperidine rings is 1. The number of aryl methyl sites for hydroxylation is 1. The third-order valence-corrected chi connectivity index (χ3v) is 5.11. The number of methoxy groups -OCH3 is 1. The van der Waals surface area contributed by atoms with E-state index in [-0.39, 0.29) is 0 Å². The summed E-state index contributed by atoms with van der Waals surface area (Å²) in [5, 5.41) is 10.9. The molecule has 1 saturated heterocycles. The average molecular weight is 359 g/mol. The molecule has 0 saturated carbocycles. The van der Waals surface area contributed by atoms with Gasteiger partial charge in [0.1, 0.15) is 5.82 Å². The summed E-state index contributed by atoms with van der Waals surface area (Å²) < 4.78 is 13.1. The number of aliphatic hydroxyl groups is 1. The van der Waals surface area contributed by atoms with Crippen LogP contribution in [0.4, 0.5) is 0 Å². The van der Waals surface area contributed by atoms with E-state index in [1.165, 1.54) is 5.56 Å². The molecule has 2 heterocycles. The molecule has 0 amide bonds. The smallest absolute Gasteiger partial charge is 0.161 e. The number of hydrogen-bond acceptors (Lipinski definition) is 5. The van der Waals surface area contributed by atoms with E-state index in [1.807, 2.05) is 36.7 Å². The molecule has 6 heteroatoms. The minimum Gasteiger partial charge on any atom is -0.493 e. The third-order valence-electron chi connectivity index (χ3n) is 5.11. The second kappa shape index (κ2) is 8.10. The molecule has 2 aromatic rings. The zero-order chi connectivity index (χ0) is 18.6. The lowest BCUT2D eigenvalue weighted by molar-refractivity contribution is -0.0361. The second-order valence-corrected chi connectivity index (χ2v) is 7.02. The average Bonchev–Trinajstić information content (AvgIpc) is 3.03. The molecule has 1 N–H and O–H groups in total. The van der Waals surface area contributed by atoms with Gasteiger partial charge in [0.2, 0.25) is 0 Å². The summed E-state index contributed by atoms with van der Waals surface area (Å²) in [6.07, 6.45) is 5.25. The van der Waals surface area contributed by atoms with Crippen molar-refractivity contribution in [3.05, 3.63) is 42.0 Å². The largest absolute Gasteiger partial charge is 0.493 e. The molecule has 26 heavy (non-hydrogen) atoms. The van der Waals surface area contributed by atoms with E-state index in [4.69, 9.17) is 9.47 Å². The highest BCUT2D eigenvalue weighted by atomic mass is 16.5. The minimum atomic E-state index is -0.654. The lowest BCUT2D eigenvalue weighted by atomic mass is 9.91. The lowest BCUT2D eigenvalue weighted by Gasteiger charge is -2.38. The van der Waals surface area contributed by atoms with Crippen LogP contribution in [-0.2, 0) is 13.1 Å². The number of nitrogens with zero attached hydrogens (tertiary/aromatic N) is 3. The number of aromatic nitrogens is 2. The van der Waals surface area contributed by atoms with Crippen molar-refractivity contribution in [2.75, 3.05) is 26.8 Å². The van der Waals surface area contributed by atoms with Crippen LogP contribution in [0.2, 0.25) is 0 Å². The van der Waals surface area contributed by atoms with E-state index in [1.54, 1.807) is 13.3 Å². The van der Waals surface area contributed by atoms with Gasteiger partial charge in [0.15, 0.2) is 11.5 Å². The summed E-state index contributed by atoms with van der Waals surface area (Å²) in [5.41, 5.74) is 0.541. The van der Waals surface area contributed by atoms with Crippen LogP contribution in [-0.4, -0.2) is 52.0 Å². The first-order valence-corrected chi connectivity index (χ1v) is 9.25. The number of benzene rings is 1. The van der Waals surface area contributed by atoms with Crippen molar-refractivity contribution < 1.29 is 14.6 Å². The molecule has 3 rings (SSSR count). The Balaban J connectivity index is 1.57. The SMILES string of the molecule is CCOc1ccc(CN2CCC(O)(Cn3ccnc3C)CC2)cc1OC. The molecule has 0 aliphatic carbocycles. The maximum Gasteiger partial charge on any atom is 0.161 e. The number of likely N-dealkylation sites (tertiary alicyclic amines) is 1. The number of hydrogen-bond donors (Lipinski definition) is 1. The summed E-state index contributed by atoms with van der Waals surface area (Å²) >= 11 is 0. The van der Waals surface area contributed by atoms with Crippen molar-refractivity contribution in [3.8, 4) is 11.5 Å². The van der Waals surface area contributed by atoms with E-state index in [2.05, 4.69) is 16.0 Å². The van der Waals surface area contributed by atoms with E-state index >= 15 is 0 Å². The van der Waals surface area contributed by atoms with Gasteiger partial charge in [0.05, 0.1) is 25.9 Å². The Hall–Kier alpha value is -2.05. The normalized spacial score (nSPS) is 17.2. The highest BCUT2D eigenvalue weighted by Crippen LogP contribution is 2.30. The molecule has 1 aliphatic heterocycles. The van der Waals surface area contributed by atoms with Crippen LogP contribution in [0.1, 0.15) is 31.2 Å². The van der Waals surface area contributed by atoms with Gasteiger partial charge < -0.3 is 19.1 Å². The van der Waals surface area contributed by atoms with Gasteiger partial charge in [-0.2, -0.15) is 0 Å². The molecule has 0 atom stereocenters. The molecule has 0 spiro atoms. The molecule has 142 valence electrons. The van der Waals surface area contributed by atoms with Crippen LogP contribution in [0, 0.1) is 6.92 Å². The van der Waals surface area contributed by atoms with Crippen molar-refractivity contribution in [2.24, 2.45) is 0 Å². The zero-order valence-corrected chi connectivity index (χ0v) is 15.9. The van der Waals surface area contributed by atoms with Crippen LogP contribution in [0.25, 0.3) is 0 Å². The molecule has 0 radical (unpaired) electrons. The molecular weight excluding hydrogens is 330 g/mol. The van der Waals surface area contributed by atoms with Gasteiger partial charge in [-0.05, 0) is 44.4 Å². The van der Waals surface area contributed by atoms with Crippen molar-refractivity contribution in [1.82, 2.24) is 14.5 Å². The first kappa shape index (κ1) is 18.7. The molecule has 6 nitrogen and oxygen atoms in total. The summed E-state index contributed by atoms with van der Waals surface area (Å²) in [6.45, 7) is 7.77. The van der Waals surface area contributed by atoms with Crippen LogP contribution in [0.3, 0.4) is 0 Å². The fraction of sp³-hybridized carbons (Fsp3) is 0.550.